The van der Waals surface area contributed by atoms with Crippen molar-refractivity contribution in [1.82, 2.24) is 14.7 Å². The number of nitrogens with one attached hydrogen (secondary N) is 1. The topological polar surface area (TPSA) is 101 Å². The molecule has 1 aliphatic heterocycles. The molecule has 16 heavy (non-hydrogen) atoms. The summed E-state index contributed by atoms with van der Waals surface area (Å²) in [6.07, 6.45) is 0.596. The fourth-order valence-electron chi connectivity index (χ4n) is 1.62. The molecule has 2 heterocycles. The van der Waals surface area contributed by atoms with E-state index in [4.69, 9.17) is 5.73 Å². The maximum atomic E-state index is 11.6. The van der Waals surface area contributed by atoms with Gasteiger partial charge in [0.2, 0.25) is 22.9 Å². The third-order valence-electron chi connectivity index (χ3n) is 2.32. The van der Waals surface area contributed by atoms with Crippen molar-refractivity contribution in [3.8, 4) is 0 Å². The van der Waals surface area contributed by atoms with Crippen LogP contribution in [-0.4, -0.2) is 33.8 Å². The second kappa shape index (κ2) is 4.05. The maximum Gasteiger partial charge on any atom is 0.249 e. The number of anilines is 2. The van der Waals surface area contributed by atoms with Crippen LogP contribution in [0.1, 0.15) is 13.3 Å². The van der Waals surface area contributed by atoms with E-state index in [0.29, 0.717) is 11.6 Å². The van der Waals surface area contributed by atoms with Crippen LogP contribution in [-0.2, 0) is 9.59 Å². The second-order valence-corrected chi connectivity index (χ2v) is 4.13. The van der Waals surface area contributed by atoms with Crippen molar-refractivity contribution >= 4 is 34.4 Å². The van der Waals surface area contributed by atoms with Crippen molar-refractivity contribution in [3.05, 3.63) is 0 Å². The highest BCUT2D eigenvalue weighted by atomic mass is 32.1. The molecule has 1 fully saturated rings. The molecule has 3 N–H and O–H groups in total. The third-order valence-corrected chi connectivity index (χ3v) is 3.09. The molecule has 2 rings (SSSR count). The van der Waals surface area contributed by atoms with Gasteiger partial charge in [0.1, 0.15) is 12.6 Å². The standard InChI is InChI=1S/C8H11N5O2S/c1-2-4-6(15)10-5(14)3-13(4)8-11-7(9)12-16-8/h4H,2-3H2,1H3,(H2,9,12)(H,10,14,15). The van der Waals surface area contributed by atoms with Gasteiger partial charge in [-0.1, -0.05) is 6.92 Å². The van der Waals surface area contributed by atoms with Crippen LogP contribution >= 0.6 is 11.5 Å². The Labute approximate surface area is 95.8 Å². The summed E-state index contributed by atoms with van der Waals surface area (Å²) in [5, 5.41) is 2.80. The van der Waals surface area contributed by atoms with Gasteiger partial charge < -0.3 is 10.6 Å². The van der Waals surface area contributed by atoms with Gasteiger partial charge in [0.15, 0.2) is 0 Å². The van der Waals surface area contributed by atoms with E-state index in [-0.39, 0.29) is 30.3 Å². The average Bonchev–Trinajstić information content (AvgIpc) is 2.63. The Morgan fingerprint density at radius 1 is 1.62 bits per heavy atom. The van der Waals surface area contributed by atoms with E-state index in [1.165, 1.54) is 0 Å². The van der Waals surface area contributed by atoms with Gasteiger partial charge in [-0.25, -0.2) is 0 Å². The zero-order chi connectivity index (χ0) is 11.7. The van der Waals surface area contributed by atoms with Crippen molar-refractivity contribution in [2.24, 2.45) is 0 Å². The number of aromatic nitrogens is 2. The Balaban J connectivity index is 2.29. The van der Waals surface area contributed by atoms with E-state index < -0.39 is 0 Å². The van der Waals surface area contributed by atoms with Gasteiger partial charge in [0.05, 0.1) is 0 Å². The number of hydrogen-bond donors (Lipinski definition) is 2. The summed E-state index contributed by atoms with van der Waals surface area (Å²) < 4.78 is 3.83. The zero-order valence-electron chi connectivity index (χ0n) is 8.64. The third kappa shape index (κ3) is 1.83. The number of rotatable bonds is 2. The predicted molar refractivity (Wildman–Crippen MR) is 58.9 cm³/mol. The molecule has 0 saturated carbocycles. The van der Waals surface area contributed by atoms with Crippen molar-refractivity contribution in [3.63, 3.8) is 0 Å². The molecule has 0 bridgehead atoms. The van der Waals surface area contributed by atoms with Crippen LogP contribution in [0.25, 0.3) is 0 Å². The minimum absolute atomic E-state index is 0.110. The second-order valence-electron chi connectivity index (χ2n) is 3.40. The molecular weight excluding hydrogens is 230 g/mol. The van der Waals surface area contributed by atoms with E-state index >= 15 is 0 Å². The van der Waals surface area contributed by atoms with E-state index in [1.54, 1.807) is 4.90 Å². The van der Waals surface area contributed by atoms with Crippen LogP contribution in [0.2, 0.25) is 0 Å². The molecule has 1 unspecified atom stereocenters. The van der Waals surface area contributed by atoms with E-state index in [2.05, 4.69) is 14.7 Å². The number of amides is 2. The molecule has 1 aliphatic rings. The smallest absolute Gasteiger partial charge is 0.249 e. The first-order chi connectivity index (χ1) is 7.61. The molecule has 0 aromatic carbocycles. The van der Waals surface area contributed by atoms with Crippen LogP contribution in [0, 0.1) is 0 Å². The molecule has 0 aliphatic carbocycles. The Morgan fingerprint density at radius 3 is 2.94 bits per heavy atom. The quantitative estimate of drug-likeness (QED) is 0.668. The Morgan fingerprint density at radius 2 is 2.38 bits per heavy atom. The van der Waals surface area contributed by atoms with Crippen LogP contribution in [0.4, 0.5) is 11.1 Å². The highest BCUT2D eigenvalue weighted by molar-refractivity contribution is 7.10. The highest BCUT2D eigenvalue weighted by Gasteiger charge is 2.34. The van der Waals surface area contributed by atoms with Crippen molar-refractivity contribution in [2.45, 2.75) is 19.4 Å². The molecule has 86 valence electrons. The molecule has 1 atom stereocenters. The number of piperazine rings is 1. The lowest BCUT2D eigenvalue weighted by atomic mass is 10.1. The number of nitrogen functional groups attached to an aromatic ring is 1. The van der Waals surface area contributed by atoms with Crippen molar-refractivity contribution < 1.29 is 9.59 Å². The molecule has 7 nitrogen and oxygen atoms in total. The fraction of sp³-hybridized carbons (Fsp3) is 0.500. The molecule has 1 saturated heterocycles. The monoisotopic (exact) mass is 241 g/mol. The molecule has 0 spiro atoms. The Hall–Kier alpha value is -1.70. The SMILES string of the molecule is CCC1C(=O)NC(=O)CN1c1nc(N)ns1. The molecule has 0 radical (unpaired) electrons. The summed E-state index contributed by atoms with van der Waals surface area (Å²) in [5.74, 6) is -0.468. The number of hydrogen-bond acceptors (Lipinski definition) is 7. The summed E-state index contributed by atoms with van der Waals surface area (Å²) in [5.41, 5.74) is 5.42. The summed E-state index contributed by atoms with van der Waals surface area (Å²) in [4.78, 5) is 28.5. The van der Waals surface area contributed by atoms with Gasteiger partial charge in [-0.3, -0.25) is 14.9 Å². The summed E-state index contributed by atoms with van der Waals surface area (Å²) >= 11 is 1.09. The molecular formula is C8H11N5O2S. The molecule has 1 aromatic rings. The lowest BCUT2D eigenvalue weighted by Gasteiger charge is -2.32. The number of nitrogens with two attached hydrogens (primary N) is 1. The minimum Gasteiger partial charge on any atom is -0.367 e. The van der Waals surface area contributed by atoms with E-state index in [0.717, 1.165) is 11.5 Å². The highest BCUT2D eigenvalue weighted by Crippen LogP contribution is 2.23. The lowest BCUT2D eigenvalue weighted by molar-refractivity contribution is -0.132. The van der Waals surface area contributed by atoms with E-state index in [9.17, 15) is 9.59 Å². The predicted octanol–water partition coefficient (Wildman–Crippen LogP) is -0.638. The fourth-order valence-corrected chi connectivity index (χ4v) is 2.26. The normalized spacial score (nSPS) is 21.1. The summed E-state index contributed by atoms with van der Waals surface area (Å²) in [6, 6.07) is -0.384. The number of carbonyl (C=O) groups excluding carboxylic acids is 2. The number of imide groups is 1. The molecule has 2 amide bonds. The first kappa shape index (κ1) is 10.8. The maximum absolute atomic E-state index is 11.6. The van der Waals surface area contributed by atoms with Crippen LogP contribution < -0.4 is 16.0 Å². The largest absolute Gasteiger partial charge is 0.367 e. The Bertz CT molecular complexity index is 432. The van der Waals surface area contributed by atoms with Crippen molar-refractivity contribution in [1.29, 1.82) is 0 Å². The van der Waals surface area contributed by atoms with Gasteiger partial charge >= 0.3 is 0 Å². The zero-order valence-corrected chi connectivity index (χ0v) is 9.45. The van der Waals surface area contributed by atoms with Gasteiger partial charge in [0, 0.05) is 11.5 Å². The lowest BCUT2D eigenvalue weighted by Crippen LogP contribution is -2.58. The first-order valence-corrected chi connectivity index (χ1v) is 5.58. The minimum atomic E-state index is -0.384. The van der Waals surface area contributed by atoms with Crippen LogP contribution in [0.15, 0.2) is 0 Å². The van der Waals surface area contributed by atoms with Gasteiger partial charge in [-0.15, -0.1) is 0 Å². The van der Waals surface area contributed by atoms with Gasteiger partial charge in [-0.2, -0.15) is 9.36 Å². The Kier molecular flexibility index (Phi) is 2.73. The summed E-state index contributed by atoms with van der Waals surface area (Å²) in [7, 11) is 0. The number of nitrogens with zero attached hydrogens (tertiary/aromatic N) is 3. The number of carbonyl (C=O) groups is 2. The van der Waals surface area contributed by atoms with Gasteiger partial charge in [-0.05, 0) is 6.42 Å². The van der Waals surface area contributed by atoms with E-state index in [1.807, 2.05) is 6.92 Å². The van der Waals surface area contributed by atoms with Crippen LogP contribution in [0.3, 0.4) is 0 Å². The van der Waals surface area contributed by atoms with Crippen molar-refractivity contribution in [2.75, 3.05) is 17.2 Å². The van der Waals surface area contributed by atoms with Gasteiger partial charge in [0.25, 0.3) is 0 Å². The molecule has 8 heteroatoms. The summed E-state index contributed by atoms with van der Waals surface area (Å²) in [6.45, 7) is 1.98. The average molecular weight is 241 g/mol. The first-order valence-electron chi connectivity index (χ1n) is 4.81. The molecule has 1 aromatic heterocycles. The van der Waals surface area contributed by atoms with Crippen LogP contribution in [0.5, 0.6) is 0 Å².